The van der Waals surface area contributed by atoms with Gasteiger partial charge in [0.15, 0.2) is 0 Å². The van der Waals surface area contributed by atoms with Crippen molar-refractivity contribution in [2.24, 2.45) is 7.05 Å². The monoisotopic (exact) mass is 337 g/mol. The Labute approximate surface area is 147 Å². The Balaban J connectivity index is 1.62. The summed E-state index contributed by atoms with van der Waals surface area (Å²) in [5, 5.41) is 8.70. The minimum atomic E-state index is 0.650. The zero-order valence-electron chi connectivity index (χ0n) is 14.7. The van der Waals surface area contributed by atoms with Crippen LogP contribution in [0.3, 0.4) is 0 Å². The van der Waals surface area contributed by atoms with Crippen LogP contribution in [0.5, 0.6) is 5.75 Å². The van der Waals surface area contributed by atoms with Crippen LogP contribution in [-0.2, 0) is 20.1 Å². The van der Waals surface area contributed by atoms with E-state index < -0.39 is 0 Å². The average molecular weight is 337 g/mol. The van der Waals surface area contributed by atoms with Crippen LogP contribution in [0.2, 0.25) is 0 Å². The Morgan fingerprint density at radius 2 is 2.12 bits per heavy atom. The maximum Gasteiger partial charge on any atom is 0.119 e. The molecule has 0 N–H and O–H groups in total. The van der Waals surface area contributed by atoms with Crippen LogP contribution in [0.4, 0.5) is 0 Å². The van der Waals surface area contributed by atoms with E-state index in [0.717, 1.165) is 24.5 Å². The van der Waals surface area contributed by atoms with Gasteiger partial charge in [0, 0.05) is 50.3 Å². The molecule has 4 rings (SSSR count). The number of aryl methyl sites for hydroxylation is 1. The average Bonchev–Trinajstić information content (AvgIpc) is 3.17. The van der Waals surface area contributed by atoms with Gasteiger partial charge in [-0.15, -0.1) is 0 Å². The molecule has 1 aromatic carbocycles. The van der Waals surface area contributed by atoms with Crippen LogP contribution in [0.1, 0.15) is 24.0 Å². The van der Waals surface area contributed by atoms with E-state index in [0.29, 0.717) is 6.04 Å². The fourth-order valence-electron chi connectivity index (χ4n) is 3.21. The van der Waals surface area contributed by atoms with Crippen molar-refractivity contribution >= 4 is 0 Å². The lowest BCUT2D eigenvalue weighted by Crippen LogP contribution is -2.25. The molecule has 1 aliphatic rings. The van der Waals surface area contributed by atoms with Gasteiger partial charge in [-0.3, -0.25) is 9.58 Å². The Morgan fingerprint density at radius 3 is 2.76 bits per heavy atom. The van der Waals surface area contributed by atoms with Gasteiger partial charge in [-0.1, -0.05) is 0 Å². The first-order valence-electron chi connectivity index (χ1n) is 8.61. The summed E-state index contributed by atoms with van der Waals surface area (Å²) in [7, 11) is 3.67. The molecule has 0 aliphatic heterocycles. The molecule has 0 radical (unpaired) electrons. The summed E-state index contributed by atoms with van der Waals surface area (Å²) < 4.78 is 9.23. The van der Waals surface area contributed by atoms with Gasteiger partial charge in [0.25, 0.3) is 0 Å². The van der Waals surface area contributed by atoms with Crippen molar-refractivity contribution < 1.29 is 4.74 Å². The number of ether oxygens (including phenoxy) is 1. The Hall–Kier alpha value is -2.60. The van der Waals surface area contributed by atoms with E-state index in [1.807, 2.05) is 47.1 Å². The number of hydrogen-bond donors (Lipinski definition) is 0. The van der Waals surface area contributed by atoms with Gasteiger partial charge in [0.2, 0.25) is 0 Å². The van der Waals surface area contributed by atoms with Crippen molar-refractivity contribution in [1.29, 1.82) is 0 Å². The first kappa shape index (κ1) is 15.9. The van der Waals surface area contributed by atoms with Crippen molar-refractivity contribution in [2.45, 2.75) is 32.0 Å². The number of hydrogen-bond acceptors (Lipinski definition) is 4. The highest BCUT2D eigenvalue weighted by Crippen LogP contribution is 2.31. The van der Waals surface area contributed by atoms with Gasteiger partial charge in [-0.2, -0.15) is 10.2 Å². The van der Waals surface area contributed by atoms with Gasteiger partial charge in [0.05, 0.1) is 19.0 Å². The minimum absolute atomic E-state index is 0.650. The normalized spacial score (nSPS) is 14.2. The molecule has 0 saturated heterocycles. The molecular formula is C19H23N5O. The Kier molecular flexibility index (Phi) is 4.28. The zero-order chi connectivity index (χ0) is 17.2. The Bertz CT molecular complexity index is 835. The number of benzene rings is 1. The molecule has 1 fully saturated rings. The molecule has 0 unspecified atom stereocenters. The van der Waals surface area contributed by atoms with Crippen molar-refractivity contribution in [3.05, 3.63) is 60.2 Å². The predicted molar refractivity (Wildman–Crippen MR) is 95.6 cm³/mol. The molecule has 6 heteroatoms. The highest BCUT2D eigenvalue weighted by atomic mass is 16.5. The molecule has 0 bridgehead atoms. The molecule has 2 aromatic heterocycles. The maximum absolute atomic E-state index is 5.44. The van der Waals surface area contributed by atoms with E-state index in [2.05, 4.69) is 33.4 Å². The SMILES string of the molecule is COc1ccc(-n2cccn2)c(CN(Cc2cnn(C)c2)C2CC2)c1. The van der Waals surface area contributed by atoms with Crippen molar-refractivity contribution in [3.8, 4) is 11.4 Å². The van der Waals surface area contributed by atoms with Gasteiger partial charge in [-0.05, 0) is 42.7 Å². The Morgan fingerprint density at radius 1 is 1.24 bits per heavy atom. The van der Waals surface area contributed by atoms with E-state index in [1.165, 1.54) is 24.0 Å². The molecule has 1 saturated carbocycles. The van der Waals surface area contributed by atoms with Crippen LogP contribution in [0.25, 0.3) is 5.69 Å². The third kappa shape index (κ3) is 3.58. The van der Waals surface area contributed by atoms with E-state index >= 15 is 0 Å². The molecule has 3 aromatic rings. The van der Waals surface area contributed by atoms with Crippen LogP contribution < -0.4 is 4.74 Å². The van der Waals surface area contributed by atoms with E-state index in [1.54, 1.807) is 7.11 Å². The second kappa shape index (κ2) is 6.72. The molecule has 130 valence electrons. The first-order chi connectivity index (χ1) is 12.2. The van der Waals surface area contributed by atoms with Crippen molar-refractivity contribution in [1.82, 2.24) is 24.5 Å². The summed E-state index contributed by atoms with van der Waals surface area (Å²) >= 11 is 0. The topological polar surface area (TPSA) is 48.1 Å². The molecular weight excluding hydrogens is 314 g/mol. The van der Waals surface area contributed by atoms with E-state index in [-0.39, 0.29) is 0 Å². The third-order valence-corrected chi connectivity index (χ3v) is 4.62. The number of aromatic nitrogens is 4. The lowest BCUT2D eigenvalue weighted by atomic mass is 10.1. The maximum atomic E-state index is 5.44. The molecule has 6 nitrogen and oxygen atoms in total. The lowest BCUT2D eigenvalue weighted by molar-refractivity contribution is 0.245. The van der Waals surface area contributed by atoms with Crippen molar-refractivity contribution in [2.75, 3.05) is 7.11 Å². The van der Waals surface area contributed by atoms with Crippen LogP contribution in [0, 0.1) is 0 Å². The second-order valence-corrected chi connectivity index (χ2v) is 6.60. The van der Waals surface area contributed by atoms with Gasteiger partial charge < -0.3 is 4.74 Å². The largest absolute Gasteiger partial charge is 0.497 e. The summed E-state index contributed by atoms with van der Waals surface area (Å²) in [5.41, 5.74) is 3.57. The van der Waals surface area contributed by atoms with Gasteiger partial charge >= 0.3 is 0 Å². The summed E-state index contributed by atoms with van der Waals surface area (Å²) in [6.07, 6.45) is 10.4. The molecule has 0 spiro atoms. The standard InChI is InChI=1S/C19H23N5O/c1-22-12-15(11-21-22)13-23(17-4-5-17)14-16-10-18(25-2)6-7-19(16)24-9-3-8-20-24/h3,6-12,17H,4-5,13-14H2,1-2H3. The van der Waals surface area contributed by atoms with Gasteiger partial charge in [0.1, 0.15) is 5.75 Å². The van der Waals surface area contributed by atoms with Crippen LogP contribution >= 0.6 is 0 Å². The minimum Gasteiger partial charge on any atom is -0.497 e. The van der Waals surface area contributed by atoms with E-state index in [9.17, 15) is 0 Å². The van der Waals surface area contributed by atoms with Crippen LogP contribution in [-0.4, -0.2) is 37.6 Å². The summed E-state index contributed by atoms with van der Waals surface area (Å²) in [4.78, 5) is 2.53. The number of nitrogens with zero attached hydrogens (tertiary/aromatic N) is 5. The highest BCUT2D eigenvalue weighted by Gasteiger charge is 2.30. The fraction of sp³-hybridized carbons (Fsp3) is 0.368. The van der Waals surface area contributed by atoms with Gasteiger partial charge in [-0.25, -0.2) is 4.68 Å². The highest BCUT2D eigenvalue weighted by molar-refractivity contribution is 5.45. The second-order valence-electron chi connectivity index (χ2n) is 6.60. The fourth-order valence-corrected chi connectivity index (χ4v) is 3.21. The third-order valence-electron chi connectivity index (χ3n) is 4.62. The molecule has 25 heavy (non-hydrogen) atoms. The summed E-state index contributed by atoms with van der Waals surface area (Å²) in [5.74, 6) is 0.878. The quantitative estimate of drug-likeness (QED) is 0.665. The first-order valence-corrected chi connectivity index (χ1v) is 8.61. The lowest BCUT2D eigenvalue weighted by Gasteiger charge is -2.23. The zero-order valence-corrected chi connectivity index (χ0v) is 14.7. The molecule has 2 heterocycles. The van der Waals surface area contributed by atoms with Crippen molar-refractivity contribution in [3.63, 3.8) is 0 Å². The number of rotatable bonds is 7. The van der Waals surface area contributed by atoms with E-state index in [4.69, 9.17) is 4.74 Å². The molecule has 0 atom stereocenters. The molecule has 1 aliphatic carbocycles. The molecule has 0 amide bonds. The number of methoxy groups -OCH3 is 1. The smallest absolute Gasteiger partial charge is 0.119 e. The summed E-state index contributed by atoms with van der Waals surface area (Å²) in [6, 6.07) is 8.79. The summed E-state index contributed by atoms with van der Waals surface area (Å²) in [6.45, 7) is 1.78. The van der Waals surface area contributed by atoms with Crippen LogP contribution in [0.15, 0.2) is 49.1 Å². The predicted octanol–water partition coefficient (Wildman–Crippen LogP) is 2.78.